The number of fused-ring (bicyclic) bond motifs is 1. The van der Waals surface area contributed by atoms with Crippen LogP contribution in [0.4, 0.5) is 0 Å². The highest BCUT2D eigenvalue weighted by Crippen LogP contribution is 2.35. The number of thiophene rings is 1. The molecule has 0 saturated carbocycles. The summed E-state index contributed by atoms with van der Waals surface area (Å²) >= 11 is 1.37. The Hall–Kier alpha value is -3.45. The Morgan fingerprint density at radius 3 is 2.45 bits per heavy atom. The van der Waals surface area contributed by atoms with Crippen molar-refractivity contribution in [3.63, 3.8) is 0 Å². The molecule has 0 unspecified atom stereocenters. The summed E-state index contributed by atoms with van der Waals surface area (Å²) in [5.74, 6) is -0.00740. The van der Waals surface area contributed by atoms with Crippen LogP contribution < -0.4 is 10.3 Å². The zero-order valence-corrected chi connectivity index (χ0v) is 18.5. The number of ether oxygens (including phenoxy) is 1. The highest BCUT2D eigenvalue weighted by Gasteiger charge is 2.34. The maximum absolute atomic E-state index is 13.8. The van der Waals surface area contributed by atoms with Crippen LogP contribution in [0, 0.1) is 6.92 Å². The van der Waals surface area contributed by atoms with Crippen molar-refractivity contribution in [2.75, 3.05) is 7.11 Å². The fourth-order valence-electron chi connectivity index (χ4n) is 3.64. The smallest absolute Gasteiger partial charge is 0.329 e. The Morgan fingerprint density at radius 2 is 1.84 bits per heavy atom. The number of carboxylic acid groups (broad SMARTS) is 1. The van der Waals surface area contributed by atoms with Crippen molar-refractivity contribution >= 4 is 27.5 Å². The molecule has 0 aliphatic rings. The topological polar surface area (TPSA) is 81.4 Å². The third kappa shape index (κ3) is 3.41. The van der Waals surface area contributed by atoms with E-state index in [1.807, 2.05) is 60.8 Å². The predicted octanol–water partition coefficient (Wildman–Crippen LogP) is 4.93. The first kappa shape index (κ1) is 20.8. The van der Waals surface area contributed by atoms with Crippen LogP contribution in [0.25, 0.3) is 32.7 Å². The van der Waals surface area contributed by atoms with Crippen molar-refractivity contribution in [2.45, 2.75) is 26.3 Å². The molecule has 1 N–H and O–H groups in total. The molecule has 0 fully saturated rings. The van der Waals surface area contributed by atoms with Gasteiger partial charge in [0.1, 0.15) is 21.9 Å². The van der Waals surface area contributed by atoms with Gasteiger partial charge in [-0.15, -0.1) is 11.3 Å². The Labute approximate surface area is 183 Å². The average Bonchev–Trinajstić information content (AvgIpc) is 3.18. The first-order chi connectivity index (χ1) is 14.8. The lowest BCUT2D eigenvalue weighted by atomic mass is 10.0. The van der Waals surface area contributed by atoms with Gasteiger partial charge in [-0.3, -0.25) is 9.36 Å². The molecule has 4 aromatic rings. The molecule has 2 aromatic heterocycles. The van der Waals surface area contributed by atoms with Crippen LogP contribution >= 0.6 is 11.3 Å². The molecule has 2 aromatic carbocycles. The molecule has 0 spiro atoms. The summed E-state index contributed by atoms with van der Waals surface area (Å²) < 4.78 is 6.63. The number of carboxylic acids is 1. The molecule has 31 heavy (non-hydrogen) atoms. The summed E-state index contributed by atoms with van der Waals surface area (Å²) in [6.45, 7) is 4.97. The molecule has 0 amide bonds. The van der Waals surface area contributed by atoms with Gasteiger partial charge in [0.25, 0.3) is 5.56 Å². The second kappa shape index (κ2) is 7.67. The second-order valence-corrected chi connectivity index (χ2v) is 8.68. The Balaban J connectivity index is 2.06. The molecule has 158 valence electrons. The summed E-state index contributed by atoms with van der Waals surface area (Å²) in [5, 5.41) is 12.2. The van der Waals surface area contributed by atoms with Gasteiger partial charge < -0.3 is 9.84 Å². The maximum Gasteiger partial charge on any atom is 0.329 e. The van der Waals surface area contributed by atoms with Crippen LogP contribution in [0.5, 0.6) is 5.75 Å². The number of hydrogen-bond donors (Lipinski definition) is 1. The van der Waals surface area contributed by atoms with Gasteiger partial charge in [0.2, 0.25) is 0 Å². The molecule has 0 aliphatic carbocycles. The minimum atomic E-state index is -1.49. The highest BCUT2D eigenvalue weighted by atomic mass is 32.1. The van der Waals surface area contributed by atoms with E-state index in [1.165, 1.54) is 29.8 Å². The number of aromatic nitrogens is 2. The fourth-order valence-corrected chi connectivity index (χ4v) is 4.58. The van der Waals surface area contributed by atoms with Gasteiger partial charge in [0.15, 0.2) is 0 Å². The van der Waals surface area contributed by atoms with Crippen LogP contribution in [-0.4, -0.2) is 27.7 Å². The van der Waals surface area contributed by atoms with Gasteiger partial charge in [-0.2, -0.15) is 0 Å². The Bertz CT molecular complexity index is 1350. The SMILES string of the molecule is COc1ccc(-c2csc3nc(-c4ccccc4)n(C(C)(C)C(=O)O)c(=O)c23)cc1C. The van der Waals surface area contributed by atoms with E-state index in [1.54, 1.807) is 7.11 Å². The number of nitrogens with zero attached hydrogens (tertiary/aromatic N) is 2. The second-order valence-electron chi connectivity index (χ2n) is 7.82. The van der Waals surface area contributed by atoms with Crippen LogP contribution in [0.15, 0.2) is 58.7 Å². The van der Waals surface area contributed by atoms with Crippen molar-refractivity contribution in [2.24, 2.45) is 0 Å². The van der Waals surface area contributed by atoms with Crippen molar-refractivity contribution in [1.82, 2.24) is 9.55 Å². The molecule has 6 nitrogen and oxygen atoms in total. The number of carbonyl (C=O) groups is 1. The van der Waals surface area contributed by atoms with E-state index >= 15 is 0 Å². The van der Waals surface area contributed by atoms with Crippen LogP contribution in [0.2, 0.25) is 0 Å². The molecule has 0 saturated heterocycles. The Morgan fingerprint density at radius 1 is 1.13 bits per heavy atom. The summed E-state index contributed by atoms with van der Waals surface area (Å²) in [4.78, 5) is 31.2. The first-order valence-corrected chi connectivity index (χ1v) is 10.6. The van der Waals surface area contributed by atoms with E-state index in [-0.39, 0.29) is 5.56 Å². The highest BCUT2D eigenvalue weighted by molar-refractivity contribution is 7.17. The number of hydrogen-bond acceptors (Lipinski definition) is 5. The summed E-state index contributed by atoms with van der Waals surface area (Å²) in [7, 11) is 1.61. The molecule has 0 aliphatic heterocycles. The van der Waals surface area contributed by atoms with E-state index in [0.29, 0.717) is 21.6 Å². The van der Waals surface area contributed by atoms with E-state index in [4.69, 9.17) is 9.72 Å². The predicted molar refractivity (Wildman–Crippen MR) is 123 cm³/mol. The lowest BCUT2D eigenvalue weighted by Crippen LogP contribution is -2.44. The lowest BCUT2D eigenvalue weighted by Gasteiger charge is -2.25. The van der Waals surface area contributed by atoms with E-state index in [9.17, 15) is 14.7 Å². The Kier molecular flexibility index (Phi) is 5.15. The van der Waals surface area contributed by atoms with Gasteiger partial charge in [-0.25, -0.2) is 9.78 Å². The van der Waals surface area contributed by atoms with Crippen molar-refractivity contribution in [3.8, 4) is 28.3 Å². The molecular formula is C24H22N2O4S. The molecule has 0 atom stereocenters. The van der Waals surface area contributed by atoms with Crippen LogP contribution in [0.1, 0.15) is 19.4 Å². The number of benzene rings is 2. The first-order valence-electron chi connectivity index (χ1n) is 9.74. The molecular weight excluding hydrogens is 412 g/mol. The van der Waals surface area contributed by atoms with E-state index in [0.717, 1.165) is 22.4 Å². The van der Waals surface area contributed by atoms with E-state index in [2.05, 4.69) is 0 Å². The molecule has 0 radical (unpaired) electrons. The van der Waals surface area contributed by atoms with Crippen molar-refractivity contribution < 1.29 is 14.6 Å². The van der Waals surface area contributed by atoms with Gasteiger partial charge in [0, 0.05) is 16.5 Å². The van der Waals surface area contributed by atoms with E-state index < -0.39 is 11.5 Å². The van der Waals surface area contributed by atoms with Gasteiger partial charge in [-0.1, -0.05) is 36.4 Å². The lowest BCUT2D eigenvalue weighted by molar-refractivity contribution is -0.145. The normalized spacial score (nSPS) is 11.6. The number of aryl methyl sites for hydroxylation is 1. The summed E-state index contributed by atoms with van der Waals surface area (Å²) in [6, 6.07) is 14.9. The molecule has 7 heteroatoms. The molecule has 4 rings (SSSR count). The standard InChI is InChI=1S/C24H22N2O4S/c1-14-12-16(10-11-18(14)30-4)17-13-31-21-19(17)22(27)26(24(2,3)23(28)29)20(25-21)15-8-6-5-7-9-15/h5-13H,1-4H3,(H,28,29). The number of methoxy groups -OCH3 is 1. The number of rotatable bonds is 5. The fraction of sp³-hybridized carbons (Fsp3) is 0.208. The third-order valence-corrected chi connectivity index (χ3v) is 6.30. The largest absolute Gasteiger partial charge is 0.496 e. The van der Waals surface area contributed by atoms with Gasteiger partial charge in [0.05, 0.1) is 12.5 Å². The maximum atomic E-state index is 13.8. The zero-order valence-electron chi connectivity index (χ0n) is 17.7. The van der Waals surface area contributed by atoms with Crippen LogP contribution in [-0.2, 0) is 10.3 Å². The third-order valence-electron chi connectivity index (χ3n) is 5.43. The summed E-state index contributed by atoms with van der Waals surface area (Å²) in [6.07, 6.45) is 0. The quantitative estimate of drug-likeness (QED) is 0.482. The molecule has 0 bridgehead atoms. The van der Waals surface area contributed by atoms with Crippen molar-refractivity contribution in [1.29, 1.82) is 0 Å². The average molecular weight is 435 g/mol. The van der Waals surface area contributed by atoms with Gasteiger partial charge >= 0.3 is 5.97 Å². The minimum Gasteiger partial charge on any atom is -0.496 e. The van der Waals surface area contributed by atoms with Crippen LogP contribution in [0.3, 0.4) is 0 Å². The van der Waals surface area contributed by atoms with Crippen molar-refractivity contribution in [3.05, 3.63) is 69.8 Å². The minimum absolute atomic E-state index is 0.338. The monoisotopic (exact) mass is 434 g/mol. The number of aliphatic carboxylic acids is 1. The summed E-state index contributed by atoms with van der Waals surface area (Å²) in [5.41, 5.74) is 1.36. The zero-order chi connectivity index (χ0) is 22.3. The molecule has 2 heterocycles. The van der Waals surface area contributed by atoms with Gasteiger partial charge in [-0.05, 0) is 44.0 Å².